The van der Waals surface area contributed by atoms with Crippen LogP contribution >= 0.6 is 0 Å². The summed E-state index contributed by atoms with van der Waals surface area (Å²) in [5.74, 6) is 0.455. The molecule has 4 rings (SSSR count). The molecular weight excluding hydrogens is 304 g/mol. The fourth-order valence-electron chi connectivity index (χ4n) is 2.34. The minimum Gasteiger partial charge on any atom is -0.403 e. The number of nitrogens with one attached hydrogen (secondary N) is 1. The normalized spacial score (nSPS) is 10.7. The Hall–Kier alpha value is -3.48. The molecule has 0 unspecified atom stereocenters. The summed E-state index contributed by atoms with van der Waals surface area (Å²) in [4.78, 5) is 3.97. The molecule has 0 saturated heterocycles. The Morgan fingerprint density at radius 3 is 2.58 bits per heavy atom. The molecule has 1 N–H and O–H groups in total. The van der Waals surface area contributed by atoms with Crippen LogP contribution in [0.3, 0.4) is 0 Å². The van der Waals surface area contributed by atoms with Gasteiger partial charge in [-0.3, -0.25) is 4.98 Å². The van der Waals surface area contributed by atoms with Crippen molar-refractivity contribution in [3.63, 3.8) is 0 Å². The Labute approximate surface area is 138 Å². The number of anilines is 1. The van der Waals surface area contributed by atoms with Crippen LogP contribution in [-0.2, 0) is 6.54 Å². The van der Waals surface area contributed by atoms with Crippen molar-refractivity contribution >= 4 is 6.01 Å². The predicted molar refractivity (Wildman–Crippen MR) is 88.4 cm³/mol. The lowest BCUT2D eigenvalue weighted by Crippen LogP contribution is -2.07. The molecule has 0 spiro atoms. The molecule has 0 radical (unpaired) electrons. The van der Waals surface area contributed by atoms with E-state index in [1.54, 1.807) is 18.6 Å². The lowest BCUT2D eigenvalue weighted by atomic mass is 10.3. The van der Waals surface area contributed by atoms with Gasteiger partial charge in [-0.05, 0) is 30.3 Å². The van der Waals surface area contributed by atoms with Crippen molar-refractivity contribution in [3.05, 3.63) is 72.8 Å². The van der Waals surface area contributed by atoms with E-state index in [4.69, 9.17) is 4.42 Å². The highest BCUT2D eigenvalue weighted by Crippen LogP contribution is 2.19. The van der Waals surface area contributed by atoms with Crippen molar-refractivity contribution in [2.45, 2.75) is 6.54 Å². The second-order valence-corrected chi connectivity index (χ2v) is 5.07. The molecule has 7 nitrogen and oxygen atoms in total. The van der Waals surface area contributed by atoms with Crippen molar-refractivity contribution in [1.29, 1.82) is 0 Å². The van der Waals surface area contributed by atoms with Gasteiger partial charge in [-0.2, -0.15) is 5.10 Å². The first-order chi connectivity index (χ1) is 11.9. The first-order valence-electron chi connectivity index (χ1n) is 7.46. The van der Waals surface area contributed by atoms with Crippen molar-refractivity contribution < 1.29 is 4.42 Å². The third kappa shape index (κ3) is 2.87. The zero-order chi connectivity index (χ0) is 16.2. The zero-order valence-corrected chi connectivity index (χ0v) is 12.7. The van der Waals surface area contributed by atoms with Crippen molar-refractivity contribution in [2.24, 2.45) is 0 Å². The van der Waals surface area contributed by atoms with Crippen LogP contribution < -0.4 is 5.32 Å². The van der Waals surface area contributed by atoms with Gasteiger partial charge in [0.2, 0.25) is 5.89 Å². The maximum Gasteiger partial charge on any atom is 0.316 e. The SMILES string of the molecule is c1ccc(-n2nccc2CNc2nnc(-c3ccncc3)o2)cc1. The Balaban J connectivity index is 1.49. The van der Waals surface area contributed by atoms with E-state index < -0.39 is 0 Å². The molecule has 3 aromatic heterocycles. The quantitative estimate of drug-likeness (QED) is 0.609. The Bertz CT molecular complexity index is 916. The molecular formula is C17H14N6O. The number of pyridine rings is 1. The van der Waals surface area contributed by atoms with Crippen molar-refractivity contribution in [2.75, 3.05) is 5.32 Å². The molecule has 0 aliphatic heterocycles. The second-order valence-electron chi connectivity index (χ2n) is 5.07. The number of hydrogen-bond acceptors (Lipinski definition) is 6. The van der Waals surface area contributed by atoms with Gasteiger partial charge in [-0.15, -0.1) is 5.10 Å². The summed E-state index contributed by atoms with van der Waals surface area (Å²) in [7, 11) is 0. The smallest absolute Gasteiger partial charge is 0.316 e. The van der Waals surface area contributed by atoms with E-state index in [-0.39, 0.29) is 0 Å². The highest BCUT2D eigenvalue weighted by Gasteiger charge is 2.09. The van der Waals surface area contributed by atoms with E-state index in [0.717, 1.165) is 16.9 Å². The molecule has 3 heterocycles. The van der Waals surface area contributed by atoms with Crippen LogP contribution in [0.15, 0.2) is 71.5 Å². The maximum atomic E-state index is 5.62. The highest BCUT2D eigenvalue weighted by atomic mass is 16.4. The zero-order valence-electron chi connectivity index (χ0n) is 12.7. The maximum absolute atomic E-state index is 5.62. The minimum atomic E-state index is 0.364. The number of rotatable bonds is 5. The largest absolute Gasteiger partial charge is 0.403 e. The van der Waals surface area contributed by atoms with E-state index in [2.05, 4.69) is 25.6 Å². The standard InChI is InChI=1S/C17H14N6O/c1-2-4-14(5-3-1)23-15(8-11-20-23)12-19-17-22-21-16(24-17)13-6-9-18-10-7-13/h1-11H,12H2,(H,19,22). The van der Waals surface area contributed by atoms with Crippen LogP contribution in [0.5, 0.6) is 0 Å². The third-order valence-electron chi connectivity index (χ3n) is 3.49. The van der Waals surface area contributed by atoms with Crippen LogP contribution in [0.4, 0.5) is 6.01 Å². The highest BCUT2D eigenvalue weighted by molar-refractivity contribution is 5.51. The van der Waals surface area contributed by atoms with Crippen molar-refractivity contribution in [1.82, 2.24) is 25.0 Å². The van der Waals surface area contributed by atoms with Gasteiger partial charge in [0.05, 0.1) is 17.9 Å². The number of aromatic nitrogens is 5. The summed E-state index contributed by atoms with van der Waals surface area (Å²) in [6.07, 6.45) is 5.14. The lowest BCUT2D eigenvalue weighted by Gasteiger charge is -2.07. The molecule has 0 fully saturated rings. The van der Waals surface area contributed by atoms with Crippen LogP contribution in [0, 0.1) is 0 Å². The van der Waals surface area contributed by atoms with Crippen molar-refractivity contribution in [3.8, 4) is 17.1 Å². The number of hydrogen-bond donors (Lipinski definition) is 1. The Kier molecular flexibility index (Phi) is 3.73. The molecule has 4 aromatic rings. The molecule has 7 heteroatoms. The average Bonchev–Trinajstić information content (AvgIpc) is 3.31. The molecule has 24 heavy (non-hydrogen) atoms. The third-order valence-corrected chi connectivity index (χ3v) is 3.49. The number of para-hydroxylation sites is 1. The predicted octanol–water partition coefficient (Wildman–Crippen LogP) is 2.93. The topological polar surface area (TPSA) is 81.7 Å². The van der Waals surface area contributed by atoms with Crippen LogP contribution in [0.2, 0.25) is 0 Å². The van der Waals surface area contributed by atoms with Gasteiger partial charge in [0, 0.05) is 24.2 Å². The first kappa shape index (κ1) is 14.1. The summed E-state index contributed by atoms with van der Waals surface area (Å²) in [5, 5.41) is 15.5. The lowest BCUT2D eigenvalue weighted by molar-refractivity contribution is 0.579. The molecule has 118 valence electrons. The molecule has 0 aliphatic rings. The van der Waals surface area contributed by atoms with Gasteiger partial charge in [0.1, 0.15) is 0 Å². The second kappa shape index (κ2) is 6.33. The fourth-order valence-corrected chi connectivity index (χ4v) is 2.34. The van der Waals surface area contributed by atoms with Gasteiger partial charge in [0.15, 0.2) is 0 Å². The molecule has 0 aliphatic carbocycles. The van der Waals surface area contributed by atoms with Crippen LogP contribution in [-0.4, -0.2) is 25.0 Å². The van der Waals surface area contributed by atoms with Gasteiger partial charge >= 0.3 is 6.01 Å². The fraction of sp³-hybridized carbons (Fsp3) is 0.0588. The van der Waals surface area contributed by atoms with E-state index >= 15 is 0 Å². The Morgan fingerprint density at radius 1 is 0.917 bits per heavy atom. The summed E-state index contributed by atoms with van der Waals surface area (Å²) in [6, 6.07) is 15.9. The first-order valence-corrected chi connectivity index (χ1v) is 7.46. The summed E-state index contributed by atoms with van der Waals surface area (Å²) >= 11 is 0. The van der Waals surface area contributed by atoms with Gasteiger partial charge in [-0.25, -0.2) is 4.68 Å². The molecule has 1 aromatic carbocycles. The number of nitrogens with zero attached hydrogens (tertiary/aromatic N) is 5. The molecule has 0 atom stereocenters. The van der Waals surface area contributed by atoms with Gasteiger partial charge < -0.3 is 9.73 Å². The minimum absolute atomic E-state index is 0.364. The van der Waals surface area contributed by atoms with Crippen LogP contribution in [0.25, 0.3) is 17.1 Å². The molecule has 0 bridgehead atoms. The molecule has 0 saturated carbocycles. The van der Waals surface area contributed by atoms with E-state index in [0.29, 0.717) is 18.5 Å². The molecule has 0 amide bonds. The summed E-state index contributed by atoms with van der Waals surface area (Å²) in [5.41, 5.74) is 2.83. The van der Waals surface area contributed by atoms with E-state index in [9.17, 15) is 0 Å². The Morgan fingerprint density at radius 2 is 1.75 bits per heavy atom. The van der Waals surface area contributed by atoms with E-state index in [1.807, 2.05) is 53.2 Å². The van der Waals surface area contributed by atoms with Crippen LogP contribution in [0.1, 0.15) is 5.69 Å². The summed E-state index contributed by atoms with van der Waals surface area (Å²) in [6.45, 7) is 0.521. The average molecular weight is 318 g/mol. The van der Waals surface area contributed by atoms with Gasteiger partial charge in [-0.1, -0.05) is 23.3 Å². The van der Waals surface area contributed by atoms with E-state index in [1.165, 1.54) is 0 Å². The number of benzene rings is 1. The van der Waals surface area contributed by atoms with Gasteiger partial charge in [0.25, 0.3) is 0 Å². The summed E-state index contributed by atoms with van der Waals surface area (Å²) < 4.78 is 7.49. The monoisotopic (exact) mass is 318 g/mol.